The molecule has 4 heteroatoms. The SMILES string of the molecule is COc1cc(Br)cc(C)c1NC(=O)C(C)(C)C. The molecule has 0 radical (unpaired) electrons. The maximum atomic E-state index is 12.0. The van der Waals surface area contributed by atoms with Crippen LogP contribution in [0, 0.1) is 12.3 Å². The van der Waals surface area contributed by atoms with E-state index >= 15 is 0 Å². The van der Waals surface area contributed by atoms with Crippen LogP contribution in [0.25, 0.3) is 0 Å². The van der Waals surface area contributed by atoms with Gasteiger partial charge in [-0.15, -0.1) is 0 Å². The summed E-state index contributed by atoms with van der Waals surface area (Å²) in [6.07, 6.45) is 0. The van der Waals surface area contributed by atoms with Gasteiger partial charge in [-0.3, -0.25) is 4.79 Å². The molecule has 0 aliphatic heterocycles. The Morgan fingerprint density at radius 2 is 1.94 bits per heavy atom. The number of methoxy groups -OCH3 is 1. The van der Waals surface area contributed by atoms with E-state index in [1.807, 2.05) is 39.8 Å². The van der Waals surface area contributed by atoms with Gasteiger partial charge in [0.1, 0.15) is 5.75 Å². The number of rotatable bonds is 2. The largest absolute Gasteiger partial charge is 0.495 e. The highest BCUT2D eigenvalue weighted by Crippen LogP contribution is 2.33. The summed E-state index contributed by atoms with van der Waals surface area (Å²) in [6, 6.07) is 3.78. The summed E-state index contributed by atoms with van der Waals surface area (Å²) in [5.41, 5.74) is 1.27. The van der Waals surface area contributed by atoms with E-state index in [4.69, 9.17) is 4.74 Å². The van der Waals surface area contributed by atoms with Crippen molar-refractivity contribution in [1.29, 1.82) is 0 Å². The fraction of sp³-hybridized carbons (Fsp3) is 0.462. The zero-order valence-electron chi connectivity index (χ0n) is 10.8. The molecule has 1 amide bonds. The van der Waals surface area contributed by atoms with Crippen molar-refractivity contribution in [2.75, 3.05) is 12.4 Å². The molecule has 0 saturated heterocycles. The van der Waals surface area contributed by atoms with Crippen molar-refractivity contribution in [3.8, 4) is 5.75 Å². The lowest BCUT2D eigenvalue weighted by Crippen LogP contribution is -2.28. The Balaban J connectivity index is 3.10. The van der Waals surface area contributed by atoms with Crippen molar-refractivity contribution in [2.24, 2.45) is 5.41 Å². The first-order chi connectivity index (χ1) is 7.75. The van der Waals surface area contributed by atoms with Crippen LogP contribution in [0.3, 0.4) is 0 Å². The van der Waals surface area contributed by atoms with E-state index in [-0.39, 0.29) is 5.91 Å². The maximum Gasteiger partial charge on any atom is 0.229 e. The Labute approximate surface area is 111 Å². The van der Waals surface area contributed by atoms with Gasteiger partial charge in [-0.05, 0) is 24.6 Å². The third-order valence-electron chi connectivity index (χ3n) is 2.40. The van der Waals surface area contributed by atoms with E-state index in [0.29, 0.717) is 5.75 Å². The number of halogens is 1. The van der Waals surface area contributed by atoms with Crippen LogP contribution < -0.4 is 10.1 Å². The van der Waals surface area contributed by atoms with Crippen molar-refractivity contribution < 1.29 is 9.53 Å². The summed E-state index contributed by atoms with van der Waals surface area (Å²) in [5.74, 6) is 0.635. The third-order valence-corrected chi connectivity index (χ3v) is 2.86. The molecular formula is C13H18BrNO2. The fourth-order valence-corrected chi connectivity index (χ4v) is 1.89. The van der Waals surface area contributed by atoms with Gasteiger partial charge < -0.3 is 10.1 Å². The first kappa shape index (κ1) is 14.0. The molecule has 0 atom stereocenters. The molecule has 1 aromatic rings. The minimum Gasteiger partial charge on any atom is -0.495 e. The first-order valence-electron chi connectivity index (χ1n) is 5.41. The molecule has 3 nitrogen and oxygen atoms in total. The average molecular weight is 300 g/mol. The van der Waals surface area contributed by atoms with Gasteiger partial charge in [-0.2, -0.15) is 0 Å². The van der Waals surface area contributed by atoms with Crippen LogP contribution in [-0.4, -0.2) is 13.0 Å². The van der Waals surface area contributed by atoms with E-state index in [1.165, 1.54) is 0 Å². The minimum absolute atomic E-state index is 0.0266. The van der Waals surface area contributed by atoms with Crippen LogP contribution in [0.5, 0.6) is 5.75 Å². The number of anilines is 1. The number of nitrogens with one attached hydrogen (secondary N) is 1. The number of carbonyl (C=O) groups excluding carboxylic acids is 1. The van der Waals surface area contributed by atoms with E-state index in [1.54, 1.807) is 7.11 Å². The molecule has 0 saturated carbocycles. The predicted octanol–water partition coefficient (Wildman–Crippen LogP) is 3.75. The topological polar surface area (TPSA) is 38.3 Å². The number of amides is 1. The number of benzene rings is 1. The van der Waals surface area contributed by atoms with Crippen molar-refractivity contribution in [3.63, 3.8) is 0 Å². The van der Waals surface area contributed by atoms with Gasteiger partial charge in [-0.1, -0.05) is 36.7 Å². The molecule has 94 valence electrons. The summed E-state index contributed by atoms with van der Waals surface area (Å²) in [4.78, 5) is 12.0. The van der Waals surface area contributed by atoms with E-state index in [2.05, 4.69) is 21.2 Å². The molecule has 0 fully saturated rings. The molecule has 0 bridgehead atoms. The smallest absolute Gasteiger partial charge is 0.229 e. The van der Waals surface area contributed by atoms with Crippen LogP contribution in [0.1, 0.15) is 26.3 Å². The molecular weight excluding hydrogens is 282 g/mol. The molecule has 0 spiro atoms. The van der Waals surface area contributed by atoms with Gasteiger partial charge in [0.25, 0.3) is 0 Å². The van der Waals surface area contributed by atoms with E-state index in [0.717, 1.165) is 15.7 Å². The number of hydrogen-bond donors (Lipinski definition) is 1. The Morgan fingerprint density at radius 1 is 1.35 bits per heavy atom. The molecule has 0 aromatic heterocycles. The summed E-state index contributed by atoms with van der Waals surface area (Å²) in [7, 11) is 1.59. The number of ether oxygens (including phenoxy) is 1. The highest BCUT2D eigenvalue weighted by Gasteiger charge is 2.23. The quantitative estimate of drug-likeness (QED) is 0.903. The second-order valence-electron chi connectivity index (χ2n) is 5.00. The van der Waals surface area contributed by atoms with Crippen LogP contribution in [-0.2, 0) is 4.79 Å². The van der Waals surface area contributed by atoms with Gasteiger partial charge >= 0.3 is 0 Å². The number of aryl methyl sites for hydroxylation is 1. The van der Waals surface area contributed by atoms with Crippen LogP contribution >= 0.6 is 15.9 Å². The van der Waals surface area contributed by atoms with Gasteiger partial charge in [0.15, 0.2) is 0 Å². The summed E-state index contributed by atoms with van der Waals surface area (Å²) < 4.78 is 6.21. The molecule has 1 N–H and O–H groups in total. The Morgan fingerprint density at radius 3 is 2.41 bits per heavy atom. The minimum atomic E-state index is -0.426. The Kier molecular flexibility index (Phi) is 4.20. The van der Waals surface area contributed by atoms with Gasteiger partial charge in [0.05, 0.1) is 12.8 Å². The zero-order chi connectivity index (χ0) is 13.2. The number of hydrogen-bond acceptors (Lipinski definition) is 2. The average Bonchev–Trinajstić information content (AvgIpc) is 2.19. The third kappa shape index (κ3) is 3.46. The molecule has 17 heavy (non-hydrogen) atoms. The second-order valence-corrected chi connectivity index (χ2v) is 5.92. The van der Waals surface area contributed by atoms with Gasteiger partial charge in [0, 0.05) is 9.89 Å². The standard InChI is InChI=1S/C13H18BrNO2/c1-8-6-9(14)7-10(17-5)11(8)15-12(16)13(2,3)4/h6-7H,1-5H3,(H,15,16). The van der Waals surface area contributed by atoms with E-state index in [9.17, 15) is 4.79 Å². The van der Waals surface area contributed by atoms with Crippen molar-refractivity contribution >= 4 is 27.5 Å². The lowest BCUT2D eigenvalue weighted by Gasteiger charge is -2.20. The van der Waals surface area contributed by atoms with Crippen molar-refractivity contribution in [2.45, 2.75) is 27.7 Å². The summed E-state index contributed by atoms with van der Waals surface area (Å²) in [6.45, 7) is 7.57. The molecule has 0 unspecified atom stereocenters. The summed E-state index contributed by atoms with van der Waals surface area (Å²) >= 11 is 3.40. The summed E-state index contributed by atoms with van der Waals surface area (Å²) in [5, 5.41) is 2.91. The monoisotopic (exact) mass is 299 g/mol. The fourth-order valence-electron chi connectivity index (χ4n) is 1.33. The first-order valence-corrected chi connectivity index (χ1v) is 6.20. The molecule has 0 heterocycles. The Bertz CT molecular complexity index is 436. The molecule has 0 aliphatic rings. The van der Waals surface area contributed by atoms with Crippen LogP contribution in [0.15, 0.2) is 16.6 Å². The maximum absolute atomic E-state index is 12.0. The second kappa shape index (κ2) is 5.08. The van der Waals surface area contributed by atoms with Gasteiger partial charge in [0.2, 0.25) is 5.91 Å². The zero-order valence-corrected chi connectivity index (χ0v) is 12.4. The highest BCUT2D eigenvalue weighted by atomic mass is 79.9. The predicted molar refractivity (Wildman–Crippen MR) is 73.5 cm³/mol. The number of carbonyl (C=O) groups is 1. The molecule has 1 rings (SSSR count). The van der Waals surface area contributed by atoms with Crippen molar-refractivity contribution in [1.82, 2.24) is 0 Å². The van der Waals surface area contributed by atoms with Crippen LogP contribution in [0.2, 0.25) is 0 Å². The highest BCUT2D eigenvalue weighted by molar-refractivity contribution is 9.10. The molecule has 0 aliphatic carbocycles. The van der Waals surface area contributed by atoms with Crippen molar-refractivity contribution in [3.05, 3.63) is 22.2 Å². The normalized spacial score (nSPS) is 11.2. The Hall–Kier alpha value is -1.03. The molecule has 1 aromatic carbocycles. The lowest BCUT2D eigenvalue weighted by atomic mass is 9.95. The van der Waals surface area contributed by atoms with Crippen LogP contribution in [0.4, 0.5) is 5.69 Å². The van der Waals surface area contributed by atoms with Gasteiger partial charge in [-0.25, -0.2) is 0 Å². The van der Waals surface area contributed by atoms with E-state index < -0.39 is 5.41 Å². The lowest BCUT2D eigenvalue weighted by molar-refractivity contribution is -0.123.